The lowest BCUT2D eigenvalue weighted by Gasteiger charge is -2.34. The summed E-state index contributed by atoms with van der Waals surface area (Å²) in [6, 6.07) is 3.62. The first-order valence-electron chi connectivity index (χ1n) is 6.50. The highest BCUT2D eigenvalue weighted by Gasteiger charge is 2.29. The van der Waals surface area contributed by atoms with Crippen molar-refractivity contribution in [2.45, 2.75) is 18.9 Å². The second-order valence-corrected chi connectivity index (χ2v) is 6.38. The highest BCUT2D eigenvalue weighted by molar-refractivity contribution is 7.99. The van der Waals surface area contributed by atoms with Gasteiger partial charge in [-0.3, -0.25) is 9.59 Å². The Morgan fingerprint density at radius 1 is 1.48 bits per heavy atom. The van der Waals surface area contributed by atoms with E-state index in [4.69, 9.17) is 16.7 Å². The van der Waals surface area contributed by atoms with Gasteiger partial charge in [-0.1, -0.05) is 17.7 Å². The van der Waals surface area contributed by atoms with Gasteiger partial charge in [0.05, 0.1) is 18.9 Å². The van der Waals surface area contributed by atoms with Crippen molar-refractivity contribution in [1.82, 2.24) is 4.90 Å². The Morgan fingerprint density at radius 3 is 2.90 bits per heavy atom. The number of hydrogen-bond acceptors (Lipinski definition) is 3. The maximum Gasteiger partial charge on any atom is 0.305 e. The van der Waals surface area contributed by atoms with Gasteiger partial charge in [-0.05, 0) is 17.7 Å². The highest BCUT2D eigenvalue weighted by atomic mass is 35.5. The Hall–Kier alpha value is -1.27. The van der Waals surface area contributed by atoms with Crippen molar-refractivity contribution >= 4 is 35.2 Å². The lowest BCUT2D eigenvalue weighted by Crippen LogP contribution is -2.47. The molecule has 7 heteroatoms. The Morgan fingerprint density at radius 2 is 2.24 bits per heavy atom. The molecule has 1 aliphatic rings. The zero-order chi connectivity index (χ0) is 15.4. The van der Waals surface area contributed by atoms with Crippen LogP contribution in [0.15, 0.2) is 18.2 Å². The smallest absolute Gasteiger partial charge is 0.305 e. The van der Waals surface area contributed by atoms with Crippen LogP contribution in [0.5, 0.6) is 0 Å². The molecule has 114 valence electrons. The van der Waals surface area contributed by atoms with E-state index < -0.39 is 11.8 Å². The number of carboxylic acids is 1. The van der Waals surface area contributed by atoms with E-state index in [1.54, 1.807) is 16.7 Å². The van der Waals surface area contributed by atoms with Gasteiger partial charge in [0, 0.05) is 23.1 Å². The number of benzene rings is 1. The average molecular weight is 332 g/mol. The molecule has 1 unspecified atom stereocenters. The molecule has 0 saturated carbocycles. The second kappa shape index (κ2) is 7.13. The number of nitrogens with zero attached hydrogens (tertiary/aromatic N) is 1. The summed E-state index contributed by atoms with van der Waals surface area (Å²) in [5.74, 6) is -0.127. The lowest BCUT2D eigenvalue weighted by atomic mass is 10.1. The van der Waals surface area contributed by atoms with E-state index in [0.717, 1.165) is 5.75 Å². The van der Waals surface area contributed by atoms with Gasteiger partial charge in [0.15, 0.2) is 0 Å². The standard InChI is InChI=1S/C14H15ClFNO3S/c15-12-6-10(16)2-1-9(12)5-13(18)17-3-4-21-8-11(17)7-14(19)20/h1-2,6,11H,3-5,7-8H2,(H,19,20). The summed E-state index contributed by atoms with van der Waals surface area (Å²) in [5.41, 5.74) is 0.551. The van der Waals surface area contributed by atoms with Crippen LogP contribution in [0.4, 0.5) is 4.39 Å². The number of amides is 1. The van der Waals surface area contributed by atoms with Gasteiger partial charge in [-0.15, -0.1) is 0 Å². The Kier molecular flexibility index (Phi) is 5.47. The van der Waals surface area contributed by atoms with Crippen LogP contribution in [-0.4, -0.2) is 46.0 Å². The van der Waals surface area contributed by atoms with Crippen molar-refractivity contribution in [3.05, 3.63) is 34.6 Å². The molecule has 1 atom stereocenters. The maximum absolute atomic E-state index is 13.0. The number of carbonyl (C=O) groups excluding carboxylic acids is 1. The first-order chi connectivity index (χ1) is 9.97. The molecule has 0 bridgehead atoms. The highest BCUT2D eigenvalue weighted by Crippen LogP contribution is 2.22. The summed E-state index contributed by atoms with van der Waals surface area (Å²) in [7, 11) is 0. The average Bonchev–Trinajstić information content (AvgIpc) is 2.42. The molecule has 0 spiro atoms. The molecule has 1 aromatic rings. The van der Waals surface area contributed by atoms with Gasteiger partial charge in [-0.2, -0.15) is 11.8 Å². The Balaban J connectivity index is 2.08. The van der Waals surface area contributed by atoms with Gasteiger partial charge in [-0.25, -0.2) is 4.39 Å². The quantitative estimate of drug-likeness (QED) is 0.920. The topological polar surface area (TPSA) is 57.6 Å². The normalized spacial score (nSPS) is 18.6. The number of carboxylic acid groups (broad SMARTS) is 1. The molecule has 0 radical (unpaired) electrons. The SMILES string of the molecule is O=C(O)CC1CSCCN1C(=O)Cc1ccc(F)cc1Cl. The number of carbonyl (C=O) groups is 2. The third kappa shape index (κ3) is 4.35. The van der Waals surface area contributed by atoms with Crippen molar-refractivity contribution < 1.29 is 19.1 Å². The summed E-state index contributed by atoms with van der Waals surface area (Å²) in [5, 5.41) is 9.13. The van der Waals surface area contributed by atoms with Crippen LogP contribution < -0.4 is 0 Å². The van der Waals surface area contributed by atoms with E-state index in [0.29, 0.717) is 17.9 Å². The minimum absolute atomic E-state index is 0.0555. The zero-order valence-electron chi connectivity index (χ0n) is 11.2. The fourth-order valence-corrected chi connectivity index (χ4v) is 3.58. The van der Waals surface area contributed by atoms with E-state index >= 15 is 0 Å². The number of aliphatic carboxylic acids is 1. The molecule has 1 amide bonds. The minimum atomic E-state index is -0.917. The van der Waals surface area contributed by atoms with E-state index in [1.807, 2.05) is 0 Å². The maximum atomic E-state index is 13.0. The van der Waals surface area contributed by atoms with Crippen molar-refractivity contribution in [1.29, 1.82) is 0 Å². The molecule has 21 heavy (non-hydrogen) atoms. The van der Waals surface area contributed by atoms with Gasteiger partial charge in [0.1, 0.15) is 5.82 Å². The van der Waals surface area contributed by atoms with Gasteiger partial charge < -0.3 is 10.0 Å². The molecule has 0 aromatic heterocycles. The summed E-state index contributed by atoms with van der Waals surface area (Å²) in [4.78, 5) is 24.8. The molecule has 1 N–H and O–H groups in total. The third-order valence-corrected chi connectivity index (χ3v) is 4.76. The summed E-state index contributed by atoms with van der Waals surface area (Å²) in [6.45, 7) is 0.528. The van der Waals surface area contributed by atoms with Crippen LogP contribution >= 0.6 is 23.4 Å². The van der Waals surface area contributed by atoms with Crippen molar-refractivity contribution in [3.63, 3.8) is 0 Å². The largest absolute Gasteiger partial charge is 0.481 e. The van der Waals surface area contributed by atoms with E-state index in [-0.39, 0.29) is 29.8 Å². The number of halogens is 2. The van der Waals surface area contributed by atoms with E-state index in [2.05, 4.69) is 0 Å². The van der Waals surface area contributed by atoms with Crippen LogP contribution in [0.2, 0.25) is 5.02 Å². The van der Waals surface area contributed by atoms with Gasteiger partial charge in [0.25, 0.3) is 0 Å². The molecular weight excluding hydrogens is 317 g/mol. The minimum Gasteiger partial charge on any atom is -0.481 e. The summed E-state index contributed by atoms with van der Waals surface area (Å²) >= 11 is 7.57. The zero-order valence-corrected chi connectivity index (χ0v) is 12.8. The van der Waals surface area contributed by atoms with Crippen LogP contribution in [0, 0.1) is 5.82 Å². The first-order valence-corrected chi connectivity index (χ1v) is 8.03. The number of thioether (sulfide) groups is 1. The van der Waals surface area contributed by atoms with Crippen molar-refractivity contribution in [2.75, 3.05) is 18.1 Å². The Bertz CT molecular complexity index is 555. The number of hydrogen-bond donors (Lipinski definition) is 1. The van der Waals surface area contributed by atoms with Crippen LogP contribution in [-0.2, 0) is 16.0 Å². The fourth-order valence-electron chi connectivity index (χ4n) is 2.28. The van der Waals surface area contributed by atoms with Crippen molar-refractivity contribution in [3.8, 4) is 0 Å². The van der Waals surface area contributed by atoms with Crippen LogP contribution in [0.25, 0.3) is 0 Å². The molecule has 1 saturated heterocycles. The van der Waals surface area contributed by atoms with Gasteiger partial charge >= 0.3 is 5.97 Å². The monoisotopic (exact) mass is 331 g/mol. The van der Waals surface area contributed by atoms with E-state index in [9.17, 15) is 14.0 Å². The third-order valence-electron chi connectivity index (χ3n) is 3.31. The molecule has 1 heterocycles. The summed E-state index contributed by atoms with van der Waals surface area (Å²) in [6.07, 6.45) is -0.00418. The predicted octanol–water partition coefficient (Wildman–Crippen LogP) is 2.44. The van der Waals surface area contributed by atoms with Crippen LogP contribution in [0.3, 0.4) is 0 Å². The lowest BCUT2D eigenvalue weighted by molar-refractivity contribution is -0.140. The molecule has 1 aromatic carbocycles. The second-order valence-electron chi connectivity index (χ2n) is 4.83. The predicted molar refractivity (Wildman–Crippen MR) is 80.2 cm³/mol. The fraction of sp³-hybridized carbons (Fsp3) is 0.429. The molecule has 0 aliphatic carbocycles. The first kappa shape index (κ1) is 16.1. The van der Waals surface area contributed by atoms with Gasteiger partial charge in [0.2, 0.25) is 5.91 Å². The van der Waals surface area contributed by atoms with Crippen LogP contribution in [0.1, 0.15) is 12.0 Å². The van der Waals surface area contributed by atoms with E-state index in [1.165, 1.54) is 18.2 Å². The summed E-state index contributed by atoms with van der Waals surface area (Å²) < 4.78 is 13.0. The Labute approximate surface area is 131 Å². The molecule has 1 aliphatic heterocycles. The molecule has 2 rings (SSSR count). The van der Waals surface area contributed by atoms with Crippen molar-refractivity contribution in [2.24, 2.45) is 0 Å². The number of rotatable bonds is 4. The molecule has 4 nitrogen and oxygen atoms in total. The molecular formula is C14H15ClFNO3S. The molecule has 1 fully saturated rings.